The van der Waals surface area contributed by atoms with Gasteiger partial charge in [0.2, 0.25) is 5.88 Å². The molecule has 5 heteroatoms. The van der Waals surface area contributed by atoms with Gasteiger partial charge in [0.1, 0.15) is 11.5 Å². The van der Waals surface area contributed by atoms with E-state index in [1.54, 1.807) is 19.1 Å². The molecule has 0 fully saturated rings. The zero-order chi connectivity index (χ0) is 11.0. The van der Waals surface area contributed by atoms with Crippen LogP contribution in [0.25, 0.3) is 11.3 Å². The van der Waals surface area contributed by atoms with E-state index >= 15 is 0 Å². The highest BCUT2D eigenvalue weighted by Gasteiger charge is 2.13. The molecule has 0 atom stereocenters. The predicted molar refractivity (Wildman–Crippen MR) is 58.7 cm³/mol. The Bertz CT molecular complexity index is 510. The Balaban J connectivity index is 2.59. The van der Waals surface area contributed by atoms with Crippen LogP contribution in [0, 0.1) is 12.7 Å². The van der Waals surface area contributed by atoms with Gasteiger partial charge in [0.25, 0.3) is 0 Å². The Labute approximate surface area is 94.2 Å². The number of benzene rings is 1. The molecule has 2 aromatic rings. The topological polar surface area (TPSA) is 52.0 Å². The van der Waals surface area contributed by atoms with Crippen LogP contribution in [-0.2, 0) is 0 Å². The highest BCUT2D eigenvalue weighted by Crippen LogP contribution is 2.29. The second-order valence-electron chi connectivity index (χ2n) is 3.15. The third kappa shape index (κ3) is 1.74. The van der Waals surface area contributed by atoms with E-state index in [1.165, 1.54) is 6.07 Å². The van der Waals surface area contributed by atoms with Gasteiger partial charge in [0.15, 0.2) is 0 Å². The van der Waals surface area contributed by atoms with E-state index in [4.69, 9.17) is 10.3 Å². The van der Waals surface area contributed by atoms with Crippen molar-refractivity contribution >= 4 is 21.8 Å². The minimum atomic E-state index is -0.322. The molecule has 1 aromatic carbocycles. The van der Waals surface area contributed by atoms with Gasteiger partial charge in [-0.2, -0.15) is 0 Å². The van der Waals surface area contributed by atoms with Crippen LogP contribution >= 0.6 is 15.9 Å². The largest absolute Gasteiger partial charge is 0.368 e. The highest BCUT2D eigenvalue weighted by molar-refractivity contribution is 9.10. The molecule has 1 aromatic heterocycles. The molecule has 0 unspecified atom stereocenters. The van der Waals surface area contributed by atoms with E-state index < -0.39 is 0 Å². The lowest BCUT2D eigenvalue weighted by atomic mass is 10.1. The first-order valence-electron chi connectivity index (χ1n) is 4.26. The summed E-state index contributed by atoms with van der Waals surface area (Å²) in [6, 6.07) is 4.88. The van der Waals surface area contributed by atoms with E-state index in [0.717, 1.165) is 4.47 Å². The summed E-state index contributed by atoms with van der Waals surface area (Å²) in [7, 11) is 0. The molecule has 0 aliphatic carbocycles. The van der Waals surface area contributed by atoms with Gasteiger partial charge in [-0.1, -0.05) is 21.1 Å². The van der Waals surface area contributed by atoms with Crippen molar-refractivity contribution in [2.24, 2.45) is 0 Å². The summed E-state index contributed by atoms with van der Waals surface area (Å²) in [5.41, 5.74) is 6.70. The number of hydrogen-bond donors (Lipinski definition) is 1. The maximum atomic E-state index is 13.8. The van der Waals surface area contributed by atoms with Crippen molar-refractivity contribution in [3.05, 3.63) is 34.1 Å². The van der Waals surface area contributed by atoms with Crippen LogP contribution in [0.1, 0.15) is 5.56 Å². The van der Waals surface area contributed by atoms with Crippen LogP contribution in [0.4, 0.5) is 10.3 Å². The van der Waals surface area contributed by atoms with Gasteiger partial charge in [-0.3, -0.25) is 0 Å². The Morgan fingerprint density at radius 2 is 2.20 bits per heavy atom. The summed E-state index contributed by atoms with van der Waals surface area (Å²) in [4.78, 5) is 0. The predicted octanol–water partition coefficient (Wildman–Crippen LogP) is 3.13. The van der Waals surface area contributed by atoms with Crippen LogP contribution < -0.4 is 5.73 Å². The first kappa shape index (κ1) is 10.2. The Hall–Kier alpha value is -1.36. The molecule has 3 nitrogen and oxygen atoms in total. The minimum absolute atomic E-state index is 0.171. The standard InChI is InChI=1S/C10H8BrFN2O/c1-5-7(11)3-2-6(10(5)12)8-4-9(13)15-14-8/h2-4H,13H2,1H3. The fourth-order valence-corrected chi connectivity index (χ4v) is 1.58. The van der Waals surface area contributed by atoms with Crippen molar-refractivity contribution in [2.75, 3.05) is 5.73 Å². The lowest BCUT2D eigenvalue weighted by molar-refractivity contribution is 0.438. The zero-order valence-corrected chi connectivity index (χ0v) is 9.51. The van der Waals surface area contributed by atoms with E-state index in [9.17, 15) is 4.39 Å². The van der Waals surface area contributed by atoms with Gasteiger partial charge in [-0.05, 0) is 24.6 Å². The maximum absolute atomic E-state index is 13.8. The first-order valence-corrected chi connectivity index (χ1v) is 5.06. The monoisotopic (exact) mass is 270 g/mol. The molecule has 0 bridgehead atoms. The van der Waals surface area contributed by atoms with Crippen LogP contribution in [0.5, 0.6) is 0 Å². The van der Waals surface area contributed by atoms with E-state index in [0.29, 0.717) is 16.8 Å². The molecule has 2 rings (SSSR count). The fraction of sp³-hybridized carbons (Fsp3) is 0.100. The number of halogens is 2. The first-order chi connectivity index (χ1) is 7.09. The van der Waals surface area contributed by atoms with Gasteiger partial charge in [-0.25, -0.2) is 4.39 Å². The van der Waals surface area contributed by atoms with Gasteiger partial charge in [-0.15, -0.1) is 0 Å². The summed E-state index contributed by atoms with van der Waals surface area (Å²) >= 11 is 3.25. The molecule has 0 aliphatic heterocycles. The third-order valence-electron chi connectivity index (χ3n) is 2.12. The molecule has 1 heterocycles. The van der Waals surface area contributed by atoms with Gasteiger partial charge in [0.05, 0.1) is 0 Å². The van der Waals surface area contributed by atoms with Crippen LogP contribution in [-0.4, -0.2) is 5.16 Å². The molecule has 0 radical (unpaired) electrons. The molecule has 0 aliphatic rings. The molecular formula is C10H8BrFN2O. The van der Waals surface area contributed by atoms with Crippen LogP contribution in [0.15, 0.2) is 27.2 Å². The van der Waals surface area contributed by atoms with Crippen LogP contribution in [0.2, 0.25) is 0 Å². The van der Waals surface area contributed by atoms with Crippen molar-refractivity contribution in [1.29, 1.82) is 0 Å². The van der Waals surface area contributed by atoms with Crippen molar-refractivity contribution in [2.45, 2.75) is 6.92 Å². The van der Waals surface area contributed by atoms with Gasteiger partial charge < -0.3 is 10.3 Å². The summed E-state index contributed by atoms with van der Waals surface area (Å²) in [5.74, 6) is -0.150. The number of aromatic nitrogens is 1. The minimum Gasteiger partial charge on any atom is -0.368 e. The number of nitrogens with zero attached hydrogens (tertiary/aromatic N) is 1. The second-order valence-corrected chi connectivity index (χ2v) is 4.00. The maximum Gasteiger partial charge on any atom is 0.222 e. The molecule has 0 amide bonds. The second kappa shape index (κ2) is 3.66. The molecule has 2 N–H and O–H groups in total. The molecular weight excluding hydrogens is 263 g/mol. The van der Waals surface area contributed by atoms with Crippen molar-refractivity contribution < 1.29 is 8.91 Å². The summed E-state index contributed by atoms with van der Waals surface area (Å²) in [6.07, 6.45) is 0. The Morgan fingerprint density at radius 1 is 1.47 bits per heavy atom. The number of nitrogen functional groups attached to an aromatic ring is 1. The zero-order valence-electron chi connectivity index (χ0n) is 7.92. The molecule has 0 spiro atoms. The van der Waals surface area contributed by atoms with Crippen molar-refractivity contribution in [3.63, 3.8) is 0 Å². The molecule has 0 saturated carbocycles. The van der Waals surface area contributed by atoms with E-state index in [1.807, 2.05) is 0 Å². The fourth-order valence-electron chi connectivity index (χ4n) is 1.28. The lowest BCUT2D eigenvalue weighted by Crippen LogP contribution is -1.89. The van der Waals surface area contributed by atoms with E-state index in [2.05, 4.69) is 21.1 Å². The molecule has 78 valence electrons. The number of hydrogen-bond acceptors (Lipinski definition) is 3. The average molecular weight is 271 g/mol. The van der Waals surface area contributed by atoms with E-state index in [-0.39, 0.29) is 11.7 Å². The number of anilines is 1. The highest BCUT2D eigenvalue weighted by atomic mass is 79.9. The summed E-state index contributed by atoms with van der Waals surface area (Å²) in [6.45, 7) is 1.69. The number of nitrogens with two attached hydrogens (primary N) is 1. The van der Waals surface area contributed by atoms with Gasteiger partial charge >= 0.3 is 0 Å². The number of rotatable bonds is 1. The van der Waals surface area contributed by atoms with Crippen LogP contribution in [0.3, 0.4) is 0 Å². The summed E-state index contributed by atoms with van der Waals surface area (Å²) < 4.78 is 19.2. The van der Waals surface area contributed by atoms with Crippen molar-refractivity contribution in [3.8, 4) is 11.3 Å². The quantitative estimate of drug-likeness (QED) is 0.866. The smallest absolute Gasteiger partial charge is 0.222 e. The Kier molecular flexibility index (Phi) is 2.48. The normalized spacial score (nSPS) is 10.6. The SMILES string of the molecule is Cc1c(Br)ccc(-c2cc(N)on2)c1F. The average Bonchev–Trinajstić information content (AvgIpc) is 2.61. The Morgan fingerprint density at radius 3 is 2.80 bits per heavy atom. The lowest BCUT2D eigenvalue weighted by Gasteiger charge is -2.03. The van der Waals surface area contributed by atoms with Crippen molar-refractivity contribution in [1.82, 2.24) is 5.16 Å². The molecule has 15 heavy (non-hydrogen) atoms. The summed E-state index contributed by atoms with van der Waals surface area (Å²) in [5, 5.41) is 3.66. The van der Waals surface area contributed by atoms with Gasteiger partial charge in [0, 0.05) is 16.1 Å². The molecule has 0 saturated heterocycles. The third-order valence-corrected chi connectivity index (χ3v) is 2.98.